The molecule has 14 heavy (non-hydrogen) atoms. The first-order valence-corrected chi connectivity index (χ1v) is 5.68. The van der Waals surface area contributed by atoms with E-state index in [9.17, 15) is 4.79 Å². The molecule has 1 N–H and O–H groups in total. The Labute approximate surface area is 90.0 Å². The van der Waals surface area contributed by atoms with Crippen LogP contribution in [0, 0.1) is 11.8 Å². The van der Waals surface area contributed by atoms with E-state index in [2.05, 4.69) is 0 Å². The fraction of sp³-hybridized carbons (Fsp3) is 0.900. The highest BCUT2D eigenvalue weighted by Crippen LogP contribution is 2.21. The van der Waals surface area contributed by atoms with Gasteiger partial charge in [0.05, 0.1) is 0 Å². The first kappa shape index (κ1) is 11.8. The highest BCUT2D eigenvalue weighted by molar-refractivity contribution is 6.19. The Morgan fingerprint density at radius 1 is 1.71 bits per heavy atom. The van der Waals surface area contributed by atoms with Gasteiger partial charge in [0.1, 0.15) is 0 Å². The zero-order valence-corrected chi connectivity index (χ0v) is 9.33. The van der Waals surface area contributed by atoms with Gasteiger partial charge in [-0.15, -0.1) is 11.6 Å². The Hall–Kier alpha value is -0.280. The number of rotatable bonds is 4. The van der Waals surface area contributed by atoms with Crippen molar-refractivity contribution in [2.75, 3.05) is 25.6 Å². The van der Waals surface area contributed by atoms with Crippen molar-refractivity contribution in [1.82, 2.24) is 4.90 Å². The van der Waals surface area contributed by atoms with E-state index in [0.717, 1.165) is 25.9 Å². The van der Waals surface area contributed by atoms with E-state index in [-0.39, 0.29) is 18.4 Å². The van der Waals surface area contributed by atoms with Gasteiger partial charge in [-0.3, -0.25) is 4.79 Å². The molecule has 0 aliphatic carbocycles. The van der Waals surface area contributed by atoms with Crippen LogP contribution in [0.5, 0.6) is 0 Å². The molecule has 1 aliphatic heterocycles. The van der Waals surface area contributed by atoms with Crippen LogP contribution in [0.4, 0.5) is 0 Å². The minimum absolute atomic E-state index is 0.0791. The summed E-state index contributed by atoms with van der Waals surface area (Å²) >= 11 is 5.64. The van der Waals surface area contributed by atoms with Gasteiger partial charge in [0.2, 0.25) is 5.91 Å². The van der Waals surface area contributed by atoms with Gasteiger partial charge in [0, 0.05) is 31.5 Å². The average Bonchev–Trinajstić information content (AvgIpc) is 2.64. The van der Waals surface area contributed by atoms with Crippen LogP contribution in [-0.4, -0.2) is 41.5 Å². The number of amides is 1. The first-order chi connectivity index (χ1) is 6.69. The monoisotopic (exact) mass is 219 g/mol. The zero-order valence-electron chi connectivity index (χ0n) is 8.58. The Kier molecular flexibility index (Phi) is 4.69. The maximum absolute atomic E-state index is 11.7. The van der Waals surface area contributed by atoms with E-state index in [1.54, 1.807) is 0 Å². The molecule has 0 radical (unpaired) electrons. The second kappa shape index (κ2) is 5.56. The standard InChI is InChI=1S/C10H18ClNO2/c1-8(6-11)10(14)12-4-2-9(7-12)3-5-13/h8-9,13H,2-7H2,1H3. The molecule has 0 aromatic rings. The zero-order chi connectivity index (χ0) is 10.6. The molecule has 0 bridgehead atoms. The Morgan fingerprint density at radius 2 is 2.43 bits per heavy atom. The number of hydrogen-bond acceptors (Lipinski definition) is 2. The maximum atomic E-state index is 11.7. The minimum atomic E-state index is -0.0791. The molecule has 82 valence electrons. The third kappa shape index (κ3) is 2.85. The molecule has 1 aliphatic rings. The van der Waals surface area contributed by atoms with Crippen molar-refractivity contribution in [3.8, 4) is 0 Å². The molecule has 2 atom stereocenters. The van der Waals surface area contributed by atoms with Crippen molar-refractivity contribution in [3.63, 3.8) is 0 Å². The molecule has 3 nitrogen and oxygen atoms in total. The second-order valence-electron chi connectivity index (χ2n) is 4.01. The molecule has 1 rings (SSSR count). The van der Waals surface area contributed by atoms with E-state index in [1.807, 2.05) is 11.8 Å². The molecule has 1 amide bonds. The van der Waals surface area contributed by atoms with E-state index in [1.165, 1.54) is 0 Å². The quantitative estimate of drug-likeness (QED) is 0.720. The lowest BCUT2D eigenvalue weighted by molar-refractivity contribution is -0.133. The Morgan fingerprint density at radius 3 is 3.00 bits per heavy atom. The average molecular weight is 220 g/mol. The highest BCUT2D eigenvalue weighted by Gasteiger charge is 2.27. The molecule has 4 heteroatoms. The molecular weight excluding hydrogens is 202 g/mol. The van der Waals surface area contributed by atoms with E-state index in [0.29, 0.717) is 11.8 Å². The van der Waals surface area contributed by atoms with E-state index in [4.69, 9.17) is 16.7 Å². The summed E-state index contributed by atoms with van der Waals surface area (Å²) < 4.78 is 0. The molecule has 1 fully saturated rings. The number of likely N-dealkylation sites (tertiary alicyclic amines) is 1. The molecule has 2 unspecified atom stereocenters. The van der Waals surface area contributed by atoms with Crippen molar-refractivity contribution in [3.05, 3.63) is 0 Å². The summed E-state index contributed by atoms with van der Waals surface area (Å²) in [5.74, 6) is 0.941. The van der Waals surface area contributed by atoms with E-state index >= 15 is 0 Å². The molecule has 1 saturated heterocycles. The number of alkyl halides is 1. The fourth-order valence-electron chi connectivity index (χ4n) is 1.83. The number of nitrogens with zero attached hydrogens (tertiary/aromatic N) is 1. The van der Waals surface area contributed by atoms with Gasteiger partial charge in [0.15, 0.2) is 0 Å². The number of carbonyl (C=O) groups excluding carboxylic acids is 1. The van der Waals surface area contributed by atoms with Gasteiger partial charge in [-0.2, -0.15) is 0 Å². The van der Waals surface area contributed by atoms with Crippen LogP contribution in [-0.2, 0) is 4.79 Å². The molecule has 0 spiro atoms. The SMILES string of the molecule is CC(CCl)C(=O)N1CCC(CCO)C1. The van der Waals surface area contributed by atoms with Crippen molar-refractivity contribution in [2.45, 2.75) is 19.8 Å². The maximum Gasteiger partial charge on any atom is 0.226 e. The van der Waals surface area contributed by atoms with Crippen LogP contribution in [0.25, 0.3) is 0 Å². The molecule has 0 aromatic heterocycles. The summed E-state index contributed by atoms with van der Waals surface area (Å²) in [5, 5.41) is 8.78. The van der Waals surface area contributed by atoms with Gasteiger partial charge in [-0.05, 0) is 18.8 Å². The summed E-state index contributed by atoms with van der Waals surface area (Å²) in [6.07, 6.45) is 1.82. The Bertz CT molecular complexity index is 199. The predicted molar refractivity (Wildman–Crippen MR) is 56.3 cm³/mol. The predicted octanol–water partition coefficient (Wildman–Crippen LogP) is 1.09. The van der Waals surface area contributed by atoms with Crippen LogP contribution in [0.3, 0.4) is 0 Å². The van der Waals surface area contributed by atoms with Crippen LogP contribution in [0.2, 0.25) is 0 Å². The van der Waals surface area contributed by atoms with Crippen molar-refractivity contribution >= 4 is 17.5 Å². The van der Waals surface area contributed by atoms with Gasteiger partial charge < -0.3 is 10.0 Å². The van der Waals surface area contributed by atoms with Crippen molar-refractivity contribution in [1.29, 1.82) is 0 Å². The van der Waals surface area contributed by atoms with E-state index < -0.39 is 0 Å². The van der Waals surface area contributed by atoms with Gasteiger partial charge in [0.25, 0.3) is 0 Å². The number of halogens is 1. The molecular formula is C10H18ClNO2. The summed E-state index contributed by atoms with van der Waals surface area (Å²) in [6.45, 7) is 3.69. The molecule has 0 aromatic carbocycles. The van der Waals surface area contributed by atoms with Gasteiger partial charge in [-0.1, -0.05) is 6.92 Å². The molecule has 0 saturated carbocycles. The lowest BCUT2D eigenvalue weighted by atomic mass is 10.1. The van der Waals surface area contributed by atoms with Gasteiger partial charge >= 0.3 is 0 Å². The second-order valence-corrected chi connectivity index (χ2v) is 4.32. The fourth-order valence-corrected chi connectivity index (χ4v) is 1.96. The minimum Gasteiger partial charge on any atom is -0.396 e. The smallest absolute Gasteiger partial charge is 0.226 e. The third-order valence-corrected chi connectivity index (χ3v) is 3.25. The van der Waals surface area contributed by atoms with Crippen LogP contribution in [0.1, 0.15) is 19.8 Å². The number of hydrogen-bond donors (Lipinski definition) is 1. The highest BCUT2D eigenvalue weighted by atomic mass is 35.5. The largest absolute Gasteiger partial charge is 0.396 e. The summed E-state index contributed by atoms with van der Waals surface area (Å²) in [5.41, 5.74) is 0. The summed E-state index contributed by atoms with van der Waals surface area (Å²) in [7, 11) is 0. The normalized spacial score (nSPS) is 23.9. The number of carbonyl (C=O) groups is 1. The topological polar surface area (TPSA) is 40.5 Å². The van der Waals surface area contributed by atoms with Gasteiger partial charge in [-0.25, -0.2) is 0 Å². The lowest BCUT2D eigenvalue weighted by Crippen LogP contribution is -2.34. The summed E-state index contributed by atoms with van der Waals surface area (Å²) in [6, 6.07) is 0. The summed E-state index contributed by atoms with van der Waals surface area (Å²) in [4.78, 5) is 13.6. The number of aliphatic hydroxyl groups is 1. The van der Waals surface area contributed by atoms with Crippen LogP contribution < -0.4 is 0 Å². The van der Waals surface area contributed by atoms with Crippen molar-refractivity contribution in [2.24, 2.45) is 11.8 Å². The Balaban J connectivity index is 2.37. The van der Waals surface area contributed by atoms with Crippen LogP contribution in [0.15, 0.2) is 0 Å². The van der Waals surface area contributed by atoms with Crippen molar-refractivity contribution < 1.29 is 9.90 Å². The van der Waals surface area contributed by atoms with Crippen LogP contribution >= 0.6 is 11.6 Å². The molecule has 1 heterocycles. The lowest BCUT2D eigenvalue weighted by Gasteiger charge is -2.19. The number of aliphatic hydroxyl groups excluding tert-OH is 1. The third-order valence-electron chi connectivity index (χ3n) is 2.79. The first-order valence-electron chi connectivity index (χ1n) is 5.14.